The zero-order valence-corrected chi connectivity index (χ0v) is 16.9. The van der Waals surface area contributed by atoms with Crippen LogP contribution in [0.5, 0.6) is 0 Å². The molecule has 0 fully saturated rings. The predicted octanol–water partition coefficient (Wildman–Crippen LogP) is -0.0350. The van der Waals surface area contributed by atoms with E-state index in [-0.39, 0.29) is 66.6 Å². The number of nitrogens with two attached hydrogens (primary N) is 2. The summed E-state index contributed by atoms with van der Waals surface area (Å²) >= 11 is 0. The third-order valence-electron chi connectivity index (χ3n) is 2.29. The van der Waals surface area contributed by atoms with E-state index in [1.807, 2.05) is 0 Å². The van der Waals surface area contributed by atoms with Gasteiger partial charge in [-0.25, -0.2) is 16.8 Å². The molecular weight excluding hydrogens is 420 g/mol. The molecule has 8 nitrogen and oxygen atoms in total. The van der Waals surface area contributed by atoms with Gasteiger partial charge in [0, 0.05) is 11.4 Å². The van der Waals surface area contributed by atoms with Gasteiger partial charge < -0.3 is 20.6 Å². The minimum absolute atomic E-state index is 0. The predicted molar refractivity (Wildman–Crippen MR) is 83.4 cm³/mol. The maximum Gasteiger partial charge on any atom is 2.00 e. The van der Waals surface area contributed by atoms with E-state index in [0.717, 1.165) is 12.1 Å². The SMILES string of the molecule is Nc1cccc(S(=O)(=O)[O-])c1.Nc1cccc(S(=O)(=O)[O-])c1.[Sr+2]. The third-order valence-corrected chi connectivity index (χ3v) is 3.96. The molecule has 0 aliphatic heterocycles. The van der Waals surface area contributed by atoms with Crippen LogP contribution < -0.4 is 11.5 Å². The molecule has 0 aliphatic rings. The Balaban J connectivity index is 0.000000403. The molecule has 0 aromatic heterocycles. The van der Waals surface area contributed by atoms with Gasteiger partial charge in [0.2, 0.25) is 0 Å². The monoisotopic (exact) mass is 432 g/mol. The Kier molecular flexibility index (Phi) is 8.73. The molecule has 0 radical (unpaired) electrons. The molecular formula is C12H12N2O6S2Sr. The van der Waals surface area contributed by atoms with Gasteiger partial charge in [-0.2, -0.15) is 0 Å². The van der Waals surface area contributed by atoms with Crippen LogP contribution in [-0.4, -0.2) is 71.4 Å². The van der Waals surface area contributed by atoms with Crippen LogP contribution in [0.3, 0.4) is 0 Å². The molecule has 0 amide bonds. The van der Waals surface area contributed by atoms with E-state index < -0.39 is 20.2 Å². The Morgan fingerprint density at radius 1 is 0.696 bits per heavy atom. The van der Waals surface area contributed by atoms with Crippen molar-refractivity contribution in [2.75, 3.05) is 11.5 Å². The molecule has 0 saturated carbocycles. The standard InChI is InChI=1S/2C6H7NO3S.Sr/c2*7-5-2-1-3-6(4-5)11(8,9)10;/h2*1-4H,7H2,(H,8,9,10);/q;;+2/p-2. The summed E-state index contributed by atoms with van der Waals surface area (Å²) in [7, 11) is -8.71. The van der Waals surface area contributed by atoms with Crippen molar-refractivity contribution in [3.63, 3.8) is 0 Å². The Morgan fingerprint density at radius 3 is 1.17 bits per heavy atom. The average molecular weight is 432 g/mol. The maximum atomic E-state index is 10.4. The smallest absolute Gasteiger partial charge is 0.744 e. The van der Waals surface area contributed by atoms with E-state index in [9.17, 15) is 25.9 Å². The van der Waals surface area contributed by atoms with Crippen molar-refractivity contribution in [2.45, 2.75) is 9.79 Å². The second kappa shape index (κ2) is 8.99. The van der Waals surface area contributed by atoms with Crippen molar-refractivity contribution >= 4 is 77.1 Å². The van der Waals surface area contributed by atoms with Gasteiger partial charge in [0.25, 0.3) is 0 Å². The summed E-state index contributed by atoms with van der Waals surface area (Å²) in [6.07, 6.45) is 0. The first-order valence-corrected chi connectivity index (χ1v) is 8.44. The number of nitrogen functional groups attached to an aromatic ring is 2. The van der Waals surface area contributed by atoms with Gasteiger partial charge in [-0.15, -0.1) is 0 Å². The van der Waals surface area contributed by atoms with Crippen LogP contribution >= 0.6 is 0 Å². The van der Waals surface area contributed by atoms with Gasteiger partial charge in [0.1, 0.15) is 20.2 Å². The van der Waals surface area contributed by atoms with Crippen molar-refractivity contribution < 1.29 is 25.9 Å². The van der Waals surface area contributed by atoms with Gasteiger partial charge in [-0.05, 0) is 36.4 Å². The summed E-state index contributed by atoms with van der Waals surface area (Å²) in [6, 6.07) is 10.5. The van der Waals surface area contributed by atoms with Crippen LogP contribution in [0, 0.1) is 0 Å². The van der Waals surface area contributed by atoms with Crippen LogP contribution in [0.4, 0.5) is 11.4 Å². The van der Waals surface area contributed by atoms with Crippen molar-refractivity contribution in [1.29, 1.82) is 0 Å². The fourth-order valence-corrected chi connectivity index (χ4v) is 2.39. The Hall–Kier alpha value is -0.659. The minimum atomic E-state index is -4.36. The van der Waals surface area contributed by atoms with Crippen LogP contribution in [-0.2, 0) is 20.2 Å². The second-order valence-electron chi connectivity index (χ2n) is 4.05. The zero-order valence-electron chi connectivity index (χ0n) is 11.7. The first kappa shape index (κ1) is 22.3. The molecule has 0 atom stereocenters. The maximum absolute atomic E-state index is 10.4. The van der Waals surface area contributed by atoms with Crippen molar-refractivity contribution in [3.8, 4) is 0 Å². The van der Waals surface area contributed by atoms with Gasteiger partial charge in [0.05, 0.1) is 9.79 Å². The molecule has 2 aromatic carbocycles. The summed E-state index contributed by atoms with van der Waals surface area (Å²) in [4.78, 5) is -0.588. The van der Waals surface area contributed by atoms with E-state index in [1.165, 1.54) is 36.4 Å². The third kappa shape index (κ3) is 8.13. The Morgan fingerprint density at radius 2 is 1.00 bits per heavy atom. The van der Waals surface area contributed by atoms with E-state index in [0.29, 0.717) is 0 Å². The molecule has 4 N–H and O–H groups in total. The zero-order chi connectivity index (χ0) is 17.0. The van der Waals surface area contributed by atoms with Crippen LogP contribution in [0.2, 0.25) is 0 Å². The molecule has 2 aromatic rings. The molecule has 2 rings (SSSR count). The van der Waals surface area contributed by atoms with Gasteiger partial charge in [-0.3, -0.25) is 0 Å². The second-order valence-corrected chi connectivity index (χ2v) is 6.81. The topological polar surface area (TPSA) is 166 Å². The normalized spacial score (nSPS) is 10.9. The first-order chi connectivity index (χ1) is 10.00. The largest absolute Gasteiger partial charge is 2.00 e. The first-order valence-electron chi connectivity index (χ1n) is 5.63. The van der Waals surface area contributed by atoms with E-state index in [4.69, 9.17) is 11.5 Å². The van der Waals surface area contributed by atoms with Gasteiger partial charge in [0.15, 0.2) is 0 Å². The molecule has 23 heavy (non-hydrogen) atoms. The van der Waals surface area contributed by atoms with Crippen molar-refractivity contribution in [2.24, 2.45) is 0 Å². The minimum Gasteiger partial charge on any atom is -0.744 e. The van der Waals surface area contributed by atoms with E-state index in [2.05, 4.69) is 0 Å². The number of benzene rings is 2. The van der Waals surface area contributed by atoms with Gasteiger partial charge in [-0.1, -0.05) is 12.1 Å². The van der Waals surface area contributed by atoms with Crippen molar-refractivity contribution in [1.82, 2.24) is 0 Å². The summed E-state index contributed by atoms with van der Waals surface area (Å²) in [5, 5.41) is 0. The van der Waals surface area contributed by atoms with Crippen molar-refractivity contribution in [3.05, 3.63) is 48.5 Å². The van der Waals surface area contributed by atoms with E-state index in [1.54, 1.807) is 0 Å². The average Bonchev–Trinajstić information content (AvgIpc) is 2.37. The summed E-state index contributed by atoms with van der Waals surface area (Å²) in [6.45, 7) is 0. The van der Waals surface area contributed by atoms with Crippen LogP contribution in [0.1, 0.15) is 0 Å². The molecule has 0 unspecified atom stereocenters. The Bertz CT molecular complexity index is 795. The molecule has 0 bridgehead atoms. The number of hydrogen-bond donors (Lipinski definition) is 2. The number of rotatable bonds is 2. The molecule has 120 valence electrons. The quantitative estimate of drug-likeness (QED) is 0.379. The van der Waals surface area contributed by atoms with Crippen LogP contribution in [0.25, 0.3) is 0 Å². The summed E-state index contributed by atoms with van der Waals surface area (Å²) in [5.74, 6) is 0. The number of anilines is 2. The molecule has 0 saturated heterocycles. The number of hydrogen-bond acceptors (Lipinski definition) is 8. The molecule has 11 heteroatoms. The van der Waals surface area contributed by atoms with E-state index >= 15 is 0 Å². The molecule has 0 spiro atoms. The van der Waals surface area contributed by atoms with Crippen LogP contribution in [0.15, 0.2) is 58.3 Å². The fourth-order valence-electron chi connectivity index (χ4n) is 1.34. The fraction of sp³-hybridized carbons (Fsp3) is 0. The molecule has 0 heterocycles. The van der Waals surface area contributed by atoms with Gasteiger partial charge >= 0.3 is 45.5 Å². The Labute approximate surface area is 171 Å². The summed E-state index contributed by atoms with van der Waals surface area (Å²) in [5.41, 5.74) is 11.0. The summed E-state index contributed by atoms with van der Waals surface area (Å²) < 4.78 is 62.2. The molecule has 0 aliphatic carbocycles.